The summed E-state index contributed by atoms with van der Waals surface area (Å²) in [7, 11) is 0. The van der Waals surface area contributed by atoms with Gasteiger partial charge in [-0.3, -0.25) is 0 Å². The van der Waals surface area contributed by atoms with E-state index in [0.717, 1.165) is 11.1 Å². The third-order valence-electron chi connectivity index (χ3n) is 2.44. The Morgan fingerprint density at radius 2 is 1.85 bits per heavy atom. The Morgan fingerprint density at radius 1 is 1.23 bits per heavy atom. The van der Waals surface area contributed by atoms with Crippen LogP contribution in [0.2, 0.25) is 0 Å². The van der Waals surface area contributed by atoms with Gasteiger partial charge in [0.05, 0.1) is 18.4 Å². The maximum absolute atomic E-state index is 11.4. The Balaban J connectivity index is 3.26. The van der Waals surface area contributed by atoms with Crippen molar-refractivity contribution >= 4 is 18.7 Å². The first kappa shape index (κ1) is 10.3. The minimum absolute atomic E-state index is 0.0241. The summed E-state index contributed by atoms with van der Waals surface area (Å²) in [5.74, 6) is -0.0241. The topological polar surface area (TPSA) is 33.7 Å². The van der Waals surface area contributed by atoms with Gasteiger partial charge < -0.3 is 0 Å². The first-order chi connectivity index (χ1) is 6.07. The molecule has 0 aliphatic carbocycles. The summed E-state index contributed by atoms with van der Waals surface area (Å²) in [6, 6.07) is 3.82. The predicted molar refractivity (Wildman–Crippen MR) is 55.9 cm³/mol. The average molecular weight is 196 g/mol. The Hall–Kier alpha value is -0.800. The lowest BCUT2D eigenvalue weighted by molar-refractivity contribution is -0.362. The van der Waals surface area contributed by atoms with E-state index < -0.39 is 0 Å². The van der Waals surface area contributed by atoms with Crippen molar-refractivity contribution in [3.63, 3.8) is 0 Å². The lowest BCUT2D eigenvalue weighted by Gasteiger charge is -2.06. The van der Waals surface area contributed by atoms with Crippen LogP contribution < -0.4 is 4.72 Å². The molecule has 2 nitrogen and oxygen atoms in total. The molecule has 13 heavy (non-hydrogen) atoms. The van der Waals surface area contributed by atoms with Crippen molar-refractivity contribution in [2.45, 2.75) is 20.8 Å². The number of thiol groups is 1. The van der Waals surface area contributed by atoms with E-state index in [1.165, 1.54) is 15.8 Å². The number of rotatable bonds is 1. The molecule has 0 saturated heterocycles. The van der Waals surface area contributed by atoms with Crippen molar-refractivity contribution in [1.29, 1.82) is 0 Å². The Morgan fingerprint density at radius 3 is 2.38 bits per heavy atom. The van der Waals surface area contributed by atoms with Crippen LogP contribution in [0, 0.1) is 20.8 Å². The molecule has 0 atom stereocenters. The minimum Gasteiger partial charge on any atom is -0.225 e. The van der Waals surface area contributed by atoms with Gasteiger partial charge in [0.2, 0.25) is 0 Å². The number of amides is 1. The molecule has 0 aromatic heterocycles. The summed E-state index contributed by atoms with van der Waals surface area (Å²) in [4.78, 5) is 11.4. The van der Waals surface area contributed by atoms with Crippen LogP contribution >= 0.6 is 12.8 Å². The average Bonchev–Trinajstić information content (AvgIpc) is 2.13. The highest BCUT2D eigenvalue weighted by Crippen LogP contribution is 2.16. The fourth-order valence-corrected chi connectivity index (χ4v) is 1.43. The number of carbonyl (C=O) groups is 1. The van der Waals surface area contributed by atoms with Crippen LogP contribution in [-0.4, -0.2) is 5.91 Å². The summed E-state index contributed by atoms with van der Waals surface area (Å²) in [5, 5.41) is 0. The molecule has 1 amide bonds. The SMILES string of the molecule is Cc1ccc(C(=O)[NH2+]S)c(C)c1C. The Kier molecular flexibility index (Phi) is 3.12. The zero-order valence-electron chi connectivity index (χ0n) is 8.09. The summed E-state index contributed by atoms with van der Waals surface area (Å²) < 4.78 is 1.30. The van der Waals surface area contributed by atoms with Crippen LogP contribution in [0.4, 0.5) is 0 Å². The van der Waals surface area contributed by atoms with E-state index in [1.54, 1.807) is 0 Å². The van der Waals surface area contributed by atoms with Crippen molar-refractivity contribution in [2.75, 3.05) is 0 Å². The molecule has 0 unspecified atom stereocenters. The second-order valence-corrected chi connectivity index (χ2v) is 3.43. The lowest BCUT2D eigenvalue weighted by atomic mass is 9.99. The number of benzene rings is 1. The Bertz CT molecular complexity index is 347. The van der Waals surface area contributed by atoms with E-state index in [0.29, 0.717) is 0 Å². The van der Waals surface area contributed by atoms with Gasteiger partial charge in [-0.2, -0.15) is 0 Å². The number of primary amides is 1. The largest absolute Gasteiger partial charge is 0.354 e. The van der Waals surface area contributed by atoms with Crippen LogP contribution in [0.25, 0.3) is 0 Å². The first-order valence-electron chi connectivity index (χ1n) is 4.16. The monoisotopic (exact) mass is 196 g/mol. The van der Waals surface area contributed by atoms with E-state index in [-0.39, 0.29) is 5.91 Å². The number of nitrogens with two attached hydrogens (primary N) is 1. The molecule has 0 heterocycles. The number of hydrogen-bond donors (Lipinski definition) is 2. The summed E-state index contributed by atoms with van der Waals surface area (Å²) in [5.41, 5.74) is 4.20. The molecule has 1 rings (SSSR count). The van der Waals surface area contributed by atoms with Gasteiger partial charge in [-0.05, 0) is 43.5 Å². The van der Waals surface area contributed by atoms with Gasteiger partial charge in [0.15, 0.2) is 0 Å². The molecule has 2 N–H and O–H groups in total. The third-order valence-corrected chi connectivity index (χ3v) is 2.68. The zero-order chi connectivity index (χ0) is 10.0. The molecule has 1 aromatic rings. The summed E-state index contributed by atoms with van der Waals surface area (Å²) in [6.45, 7) is 6.04. The van der Waals surface area contributed by atoms with Crippen molar-refractivity contribution in [3.05, 3.63) is 34.4 Å². The quantitative estimate of drug-likeness (QED) is 0.649. The van der Waals surface area contributed by atoms with Crippen molar-refractivity contribution in [3.8, 4) is 0 Å². The van der Waals surface area contributed by atoms with E-state index in [2.05, 4.69) is 12.8 Å². The number of hydrogen-bond acceptors (Lipinski definition) is 2. The molecule has 0 saturated carbocycles. The normalized spacial score (nSPS) is 10.2. The van der Waals surface area contributed by atoms with Crippen molar-refractivity contribution in [2.24, 2.45) is 0 Å². The van der Waals surface area contributed by atoms with Crippen LogP contribution in [0.15, 0.2) is 12.1 Å². The predicted octanol–water partition coefficient (Wildman–Crippen LogP) is 1.16. The fourth-order valence-electron chi connectivity index (χ4n) is 1.29. The van der Waals surface area contributed by atoms with Gasteiger partial charge in [-0.1, -0.05) is 6.07 Å². The molecule has 0 spiro atoms. The molecule has 0 radical (unpaired) electrons. The van der Waals surface area contributed by atoms with E-state index in [9.17, 15) is 4.79 Å². The minimum atomic E-state index is -0.0241. The van der Waals surface area contributed by atoms with Crippen LogP contribution in [0.3, 0.4) is 0 Å². The second kappa shape index (κ2) is 3.94. The van der Waals surface area contributed by atoms with Gasteiger partial charge >= 0.3 is 5.91 Å². The fraction of sp³-hybridized carbons (Fsp3) is 0.300. The molecular formula is C10H14NOS+. The second-order valence-electron chi connectivity index (χ2n) is 3.17. The molecule has 1 aromatic carbocycles. The molecule has 3 heteroatoms. The van der Waals surface area contributed by atoms with Crippen LogP contribution in [-0.2, 0) is 0 Å². The number of quaternary nitrogens is 1. The molecule has 0 aliphatic heterocycles. The third kappa shape index (κ3) is 1.92. The van der Waals surface area contributed by atoms with Gasteiger partial charge in [0.1, 0.15) is 0 Å². The highest BCUT2D eigenvalue weighted by atomic mass is 32.1. The van der Waals surface area contributed by atoms with Crippen molar-refractivity contribution in [1.82, 2.24) is 0 Å². The first-order valence-corrected chi connectivity index (χ1v) is 4.68. The molecule has 0 bridgehead atoms. The summed E-state index contributed by atoms with van der Waals surface area (Å²) >= 11 is 3.86. The highest BCUT2D eigenvalue weighted by Gasteiger charge is 2.13. The number of carbonyl (C=O) groups excluding carboxylic acids is 1. The van der Waals surface area contributed by atoms with E-state index >= 15 is 0 Å². The summed E-state index contributed by atoms with van der Waals surface area (Å²) in [6.07, 6.45) is 0. The highest BCUT2D eigenvalue weighted by molar-refractivity contribution is 7.73. The lowest BCUT2D eigenvalue weighted by Crippen LogP contribution is -2.77. The molecule has 0 aliphatic rings. The molecule has 70 valence electrons. The smallest absolute Gasteiger partial charge is 0.225 e. The van der Waals surface area contributed by atoms with Gasteiger partial charge in [-0.15, -0.1) is 0 Å². The van der Waals surface area contributed by atoms with Gasteiger partial charge in [-0.25, -0.2) is 9.52 Å². The maximum Gasteiger partial charge on any atom is 0.354 e. The maximum atomic E-state index is 11.4. The van der Waals surface area contributed by atoms with E-state index in [1.807, 2.05) is 32.9 Å². The molecular weight excluding hydrogens is 182 g/mol. The van der Waals surface area contributed by atoms with Crippen molar-refractivity contribution < 1.29 is 9.52 Å². The zero-order valence-corrected chi connectivity index (χ0v) is 8.98. The standard InChI is InChI=1S/C10H13NOS/c1-6-4-5-9(10(12)11-13)8(3)7(6)2/h4-5,13H,1-3H3,(H,11,12)/p+1. The van der Waals surface area contributed by atoms with Gasteiger partial charge in [0.25, 0.3) is 0 Å². The number of aryl methyl sites for hydroxylation is 1. The molecule has 0 fully saturated rings. The van der Waals surface area contributed by atoms with Crippen LogP contribution in [0.1, 0.15) is 27.0 Å². The van der Waals surface area contributed by atoms with E-state index in [4.69, 9.17) is 0 Å². The van der Waals surface area contributed by atoms with Gasteiger partial charge in [0, 0.05) is 0 Å². The van der Waals surface area contributed by atoms with Crippen LogP contribution in [0.5, 0.6) is 0 Å². The Labute approximate surface area is 83.9 Å².